The van der Waals surface area contributed by atoms with Crippen LogP contribution >= 0.6 is 0 Å². The van der Waals surface area contributed by atoms with Crippen molar-refractivity contribution in [2.75, 3.05) is 6.54 Å². The zero-order valence-corrected chi connectivity index (χ0v) is 13.1. The van der Waals surface area contributed by atoms with Crippen molar-refractivity contribution in [2.24, 2.45) is 10.2 Å². The van der Waals surface area contributed by atoms with Gasteiger partial charge in [0.2, 0.25) is 5.91 Å². The van der Waals surface area contributed by atoms with Gasteiger partial charge in [-0.05, 0) is 28.1 Å². The van der Waals surface area contributed by atoms with E-state index < -0.39 is 0 Å². The molecule has 3 rings (SSSR count). The third-order valence-corrected chi connectivity index (χ3v) is 3.81. The van der Waals surface area contributed by atoms with Crippen molar-refractivity contribution in [1.29, 1.82) is 0 Å². The number of nitrogens with zero attached hydrogens (tertiary/aromatic N) is 6. The van der Waals surface area contributed by atoms with Crippen LogP contribution in [-0.2, 0) is 11.2 Å². The Bertz CT molecular complexity index is 753. The van der Waals surface area contributed by atoms with E-state index >= 15 is 0 Å². The number of hydrogen-bond donors (Lipinski definition) is 1. The first kappa shape index (κ1) is 15.8. The molecule has 8 heteroatoms. The Hall–Kier alpha value is -3.08. The van der Waals surface area contributed by atoms with Crippen molar-refractivity contribution in [3.8, 4) is 18.0 Å². The van der Waals surface area contributed by atoms with Gasteiger partial charge in [-0.25, -0.2) is 4.68 Å². The Morgan fingerprint density at radius 2 is 2.04 bits per heavy atom. The Morgan fingerprint density at radius 1 is 1.25 bits per heavy atom. The average Bonchev–Trinajstić information content (AvgIpc) is 3.14. The number of aromatic nitrogens is 4. The van der Waals surface area contributed by atoms with E-state index in [4.69, 9.17) is 6.42 Å². The molecule has 8 nitrogen and oxygen atoms in total. The topological polar surface area (TPSA) is 97.4 Å². The number of amides is 1. The highest BCUT2D eigenvalue weighted by Crippen LogP contribution is 2.35. The summed E-state index contributed by atoms with van der Waals surface area (Å²) in [6.07, 6.45) is 9.18. The van der Waals surface area contributed by atoms with Gasteiger partial charge >= 0.3 is 0 Å². The summed E-state index contributed by atoms with van der Waals surface area (Å²) in [6, 6.07) is 7.51. The van der Waals surface area contributed by atoms with Gasteiger partial charge < -0.3 is 5.32 Å². The Labute approximate surface area is 139 Å². The number of nitrogens with one attached hydrogen (secondary N) is 1. The van der Waals surface area contributed by atoms with Crippen LogP contribution < -0.4 is 5.32 Å². The van der Waals surface area contributed by atoms with E-state index in [1.807, 2.05) is 24.3 Å². The second-order valence-corrected chi connectivity index (χ2v) is 5.58. The van der Waals surface area contributed by atoms with Crippen molar-refractivity contribution in [2.45, 2.75) is 31.3 Å². The molecular weight excluding hydrogens is 306 g/mol. The number of carbonyl (C=O) groups is 1. The van der Waals surface area contributed by atoms with Crippen LogP contribution in [0.4, 0.5) is 0 Å². The predicted molar refractivity (Wildman–Crippen MR) is 86.1 cm³/mol. The molecule has 1 aromatic heterocycles. The molecule has 0 aliphatic carbocycles. The van der Waals surface area contributed by atoms with Gasteiger partial charge in [-0.3, -0.25) is 4.79 Å². The van der Waals surface area contributed by atoms with Crippen LogP contribution in [-0.4, -0.2) is 38.3 Å². The molecule has 1 aromatic carbocycles. The third kappa shape index (κ3) is 4.01. The highest BCUT2D eigenvalue weighted by Gasteiger charge is 2.38. The first-order valence-corrected chi connectivity index (χ1v) is 7.67. The maximum Gasteiger partial charge on any atom is 0.224 e. The fraction of sp³-hybridized carbons (Fsp3) is 0.375. The van der Waals surface area contributed by atoms with E-state index in [0.717, 1.165) is 17.7 Å². The van der Waals surface area contributed by atoms with Crippen LogP contribution in [0.15, 0.2) is 40.8 Å². The maximum atomic E-state index is 12.0. The van der Waals surface area contributed by atoms with Crippen LogP contribution in [0.1, 0.15) is 24.8 Å². The minimum Gasteiger partial charge on any atom is -0.356 e. The summed E-state index contributed by atoms with van der Waals surface area (Å²) in [5.41, 5.74) is 1.41. The highest BCUT2D eigenvalue weighted by molar-refractivity contribution is 5.78. The molecule has 1 aliphatic rings. The smallest absolute Gasteiger partial charge is 0.224 e. The molecule has 24 heavy (non-hydrogen) atoms. The molecule has 0 fully saturated rings. The number of rotatable bonds is 8. The zero-order valence-electron chi connectivity index (χ0n) is 13.1. The first-order valence-electron chi connectivity index (χ1n) is 7.67. The molecule has 0 unspecified atom stereocenters. The molecule has 122 valence electrons. The number of carbonyl (C=O) groups excluding carboxylic acids is 1. The molecule has 0 atom stereocenters. The van der Waals surface area contributed by atoms with Gasteiger partial charge in [0, 0.05) is 25.8 Å². The quantitative estimate of drug-likeness (QED) is 0.740. The minimum absolute atomic E-state index is 0.0297. The Balaban J connectivity index is 1.43. The largest absolute Gasteiger partial charge is 0.356 e. The van der Waals surface area contributed by atoms with Gasteiger partial charge in [-0.1, -0.05) is 12.1 Å². The molecule has 0 spiro atoms. The van der Waals surface area contributed by atoms with Crippen LogP contribution in [0, 0.1) is 12.3 Å². The van der Waals surface area contributed by atoms with Crippen LogP contribution in [0.25, 0.3) is 5.69 Å². The van der Waals surface area contributed by atoms with Crippen molar-refractivity contribution >= 4 is 5.91 Å². The fourth-order valence-electron chi connectivity index (χ4n) is 2.36. The van der Waals surface area contributed by atoms with Crippen LogP contribution in [0.3, 0.4) is 0 Å². The number of benzene rings is 1. The van der Waals surface area contributed by atoms with Gasteiger partial charge in [0.15, 0.2) is 5.66 Å². The standard InChI is InChI=1S/C16H17N7O/c1-2-3-8-16(19-20-16)9-10-17-15(24)11-13-4-6-14(7-5-13)23-12-18-21-22-23/h1,4-7,12H,3,8-11H2,(H,17,24). The van der Waals surface area contributed by atoms with Crippen LogP contribution in [0.2, 0.25) is 0 Å². The van der Waals surface area contributed by atoms with E-state index in [1.54, 1.807) is 4.68 Å². The summed E-state index contributed by atoms with van der Waals surface area (Å²) in [7, 11) is 0. The third-order valence-electron chi connectivity index (χ3n) is 3.81. The highest BCUT2D eigenvalue weighted by atomic mass is 16.1. The lowest BCUT2D eigenvalue weighted by atomic mass is 10.0. The minimum atomic E-state index is -0.354. The van der Waals surface area contributed by atoms with E-state index in [2.05, 4.69) is 37.0 Å². The lowest BCUT2D eigenvalue weighted by Gasteiger charge is -2.10. The monoisotopic (exact) mass is 323 g/mol. The second-order valence-electron chi connectivity index (χ2n) is 5.58. The normalized spacial score (nSPS) is 14.1. The first-order chi connectivity index (χ1) is 11.7. The SMILES string of the molecule is C#CCCC1(CCNC(=O)Cc2ccc(-n3cnnn3)cc2)N=N1. The summed E-state index contributed by atoms with van der Waals surface area (Å²) in [6.45, 7) is 0.541. The van der Waals surface area contributed by atoms with Gasteiger partial charge in [0.1, 0.15) is 6.33 Å². The summed E-state index contributed by atoms with van der Waals surface area (Å²) >= 11 is 0. The summed E-state index contributed by atoms with van der Waals surface area (Å²) in [4.78, 5) is 12.0. The molecule has 1 amide bonds. The molecular formula is C16H17N7O. The number of tetrazole rings is 1. The van der Waals surface area contributed by atoms with E-state index in [1.165, 1.54) is 6.33 Å². The molecule has 0 saturated carbocycles. The van der Waals surface area contributed by atoms with Gasteiger partial charge in [-0.15, -0.1) is 17.4 Å². The average molecular weight is 323 g/mol. The van der Waals surface area contributed by atoms with E-state index in [9.17, 15) is 4.79 Å². The van der Waals surface area contributed by atoms with Crippen molar-refractivity contribution in [3.05, 3.63) is 36.2 Å². The lowest BCUT2D eigenvalue weighted by Crippen LogP contribution is -2.29. The van der Waals surface area contributed by atoms with Crippen LogP contribution in [0.5, 0.6) is 0 Å². The zero-order chi connectivity index (χ0) is 16.8. The molecule has 0 radical (unpaired) electrons. The summed E-state index contributed by atoms with van der Waals surface area (Å²) in [5.74, 6) is 2.56. The molecule has 1 aliphatic heterocycles. The van der Waals surface area contributed by atoms with Gasteiger partial charge in [0.05, 0.1) is 12.1 Å². The maximum absolute atomic E-state index is 12.0. The molecule has 0 saturated heterocycles. The van der Waals surface area contributed by atoms with Crippen molar-refractivity contribution < 1.29 is 4.79 Å². The van der Waals surface area contributed by atoms with Crippen molar-refractivity contribution in [3.63, 3.8) is 0 Å². The summed E-state index contributed by atoms with van der Waals surface area (Å²) < 4.78 is 1.56. The lowest BCUT2D eigenvalue weighted by molar-refractivity contribution is -0.120. The molecule has 2 heterocycles. The molecule has 2 aromatic rings. The van der Waals surface area contributed by atoms with E-state index in [0.29, 0.717) is 25.8 Å². The molecule has 1 N–H and O–H groups in total. The predicted octanol–water partition coefficient (Wildman–Crippen LogP) is 1.29. The van der Waals surface area contributed by atoms with Gasteiger partial charge in [0.25, 0.3) is 0 Å². The number of terminal acetylenes is 1. The Morgan fingerprint density at radius 3 is 2.67 bits per heavy atom. The fourth-order valence-corrected chi connectivity index (χ4v) is 2.36. The van der Waals surface area contributed by atoms with Gasteiger partial charge in [-0.2, -0.15) is 10.2 Å². The van der Waals surface area contributed by atoms with Crippen molar-refractivity contribution in [1.82, 2.24) is 25.5 Å². The summed E-state index contributed by atoms with van der Waals surface area (Å²) in [5, 5.41) is 22.0. The number of hydrogen-bond acceptors (Lipinski definition) is 6. The second kappa shape index (κ2) is 7.00. The van der Waals surface area contributed by atoms with E-state index in [-0.39, 0.29) is 11.6 Å². The Kier molecular flexibility index (Phi) is 4.61. The molecule has 0 bridgehead atoms.